The number of rotatable bonds is 2. The molecule has 2 aliphatic carbocycles. The molecule has 34 heavy (non-hydrogen) atoms. The first kappa shape index (κ1) is 33.1. The Morgan fingerprint density at radius 1 is 1.06 bits per heavy atom. The Morgan fingerprint density at radius 3 is 2.21 bits per heavy atom. The van der Waals surface area contributed by atoms with Crippen LogP contribution in [0.15, 0.2) is 36.5 Å². The Hall–Kier alpha value is -0.946. The predicted octanol–water partition coefficient (Wildman–Crippen LogP) is 7.01. The van der Waals surface area contributed by atoms with Gasteiger partial charge in [-0.2, -0.15) is 0 Å². The van der Waals surface area contributed by atoms with Crippen LogP contribution in [-0.4, -0.2) is 20.6 Å². The topological polar surface area (TPSA) is 96.9 Å². The summed E-state index contributed by atoms with van der Waals surface area (Å²) >= 11 is 0. The molecule has 2 saturated carbocycles. The zero-order valence-electron chi connectivity index (χ0n) is 22.3. The third-order valence-electron chi connectivity index (χ3n) is 7.20. The first-order chi connectivity index (χ1) is 15.6. The minimum atomic E-state index is 0. The maximum absolute atomic E-state index is 8.48. The summed E-state index contributed by atoms with van der Waals surface area (Å²) in [7, 11) is 0. The van der Waals surface area contributed by atoms with Crippen molar-refractivity contribution < 1.29 is 32.7 Å². The number of hydrogen-bond donors (Lipinski definition) is 2. The van der Waals surface area contributed by atoms with Crippen LogP contribution in [0.3, 0.4) is 0 Å². The number of allylic oxidation sites excluding steroid dienone is 1. The molecule has 1 aromatic heterocycles. The van der Waals surface area contributed by atoms with E-state index in [0.717, 1.165) is 29.3 Å². The van der Waals surface area contributed by atoms with E-state index < -0.39 is 0 Å². The number of benzene rings is 1. The number of imidazole rings is 1. The molecule has 3 aliphatic rings. The van der Waals surface area contributed by atoms with Crippen molar-refractivity contribution in [2.45, 2.75) is 98.1 Å². The summed E-state index contributed by atoms with van der Waals surface area (Å²) in [5.41, 5.74) is 3.53. The predicted molar refractivity (Wildman–Crippen MR) is 143 cm³/mol. The van der Waals surface area contributed by atoms with Crippen molar-refractivity contribution in [3.05, 3.63) is 55.6 Å². The minimum Gasteiger partial charge on any atom is -0.630 e. The van der Waals surface area contributed by atoms with Crippen molar-refractivity contribution in [1.29, 1.82) is 0 Å². The fraction of sp³-hybridized carbons (Fsp3) is 0.630. The Labute approximate surface area is 233 Å². The largest absolute Gasteiger partial charge is 0.630 e. The fourth-order valence-corrected chi connectivity index (χ4v) is 6.04. The van der Waals surface area contributed by atoms with Crippen molar-refractivity contribution in [3.8, 4) is 0 Å². The van der Waals surface area contributed by atoms with Gasteiger partial charge < -0.3 is 22.8 Å². The number of hydrogen-bond acceptors (Lipinski definition) is 4. The van der Waals surface area contributed by atoms with Crippen molar-refractivity contribution in [2.24, 2.45) is 23.0 Å². The first-order valence-corrected chi connectivity index (χ1v) is 12.6. The van der Waals surface area contributed by atoms with E-state index >= 15 is 0 Å². The Balaban J connectivity index is 0.00000111. The molecule has 1 aromatic carbocycles. The molecule has 191 valence electrons. The molecule has 7 heteroatoms. The van der Waals surface area contributed by atoms with Gasteiger partial charge in [-0.15, -0.1) is 0 Å². The third-order valence-corrected chi connectivity index (χ3v) is 7.20. The molecule has 5 N–H and O–H groups in total. The van der Waals surface area contributed by atoms with Crippen molar-refractivity contribution in [1.82, 2.24) is 14.6 Å². The van der Waals surface area contributed by atoms with Crippen molar-refractivity contribution in [2.75, 3.05) is 0 Å². The van der Waals surface area contributed by atoms with Crippen LogP contribution >= 0.6 is 0 Å². The van der Waals surface area contributed by atoms with E-state index in [4.69, 9.17) is 10.8 Å². The molecule has 0 amide bonds. The van der Waals surface area contributed by atoms with Crippen molar-refractivity contribution >= 4 is 11.0 Å². The molecule has 1 saturated heterocycles. The molecule has 1 aliphatic heterocycles. The Morgan fingerprint density at radius 2 is 1.62 bits per heavy atom. The summed E-state index contributed by atoms with van der Waals surface area (Å²) in [6.45, 7) is 13.6. The zero-order chi connectivity index (χ0) is 23.7. The maximum atomic E-state index is 8.48. The molecule has 2 aromatic rings. The average molecular weight is 546 g/mol. The number of para-hydroxylation sites is 2. The molecular weight excluding hydrogens is 497 g/mol. The van der Waals surface area contributed by atoms with Gasteiger partial charge in [-0.1, -0.05) is 78.5 Å². The molecule has 1 radical (unpaired) electrons. The van der Waals surface area contributed by atoms with Gasteiger partial charge in [0.1, 0.15) is 5.82 Å². The van der Waals surface area contributed by atoms with E-state index in [1.165, 1.54) is 68.2 Å². The standard InChI is InChI=1S/C21H27N4.C3H8.C2H6.CH3.H4N2.Y/c1-15-21(12-6-7-13-21)16-8-2-4-10-18(16)24(15)14-20-23-17-9-3-5-11-19(17)25(20)22;1-3-2;1-2;;1-2;/h3,5,9,11,16,18,22H,1-2,4,6-8,10,12-14H2;3H2,1-2H3;1-2H3;1H3;1-2H2;/q-1;;;-1;;. The van der Waals surface area contributed by atoms with E-state index in [2.05, 4.69) is 37.0 Å². The molecule has 2 unspecified atom stereocenters. The molecular formula is C27H48N6Y-2. The smallest absolute Gasteiger partial charge is 0.115 e. The molecule has 6 nitrogen and oxygen atoms in total. The summed E-state index contributed by atoms with van der Waals surface area (Å²) in [6.07, 6.45) is 11.9. The van der Waals surface area contributed by atoms with Gasteiger partial charge in [0.2, 0.25) is 0 Å². The van der Waals surface area contributed by atoms with E-state index in [9.17, 15) is 0 Å². The van der Waals surface area contributed by atoms with Crippen molar-refractivity contribution in [3.63, 3.8) is 0 Å². The summed E-state index contributed by atoms with van der Waals surface area (Å²) in [5.74, 6) is 18.1. The van der Waals surface area contributed by atoms with Gasteiger partial charge in [0, 0.05) is 49.9 Å². The van der Waals surface area contributed by atoms with Crippen LogP contribution in [-0.2, 0) is 39.3 Å². The molecule has 0 bridgehead atoms. The number of aromatic nitrogens is 2. The molecule has 1 spiro atoms. The minimum absolute atomic E-state index is 0. The number of nitrogens with two attached hydrogens (primary N) is 2. The molecule has 3 fully saturated rings. The number of nitrogens with zero attached hydrogens (tertiary/aromatic N) is 3. The number of hydrazine groups is 1. The summed E-state index contributed by atoms with van der Waals surface area (Å²) in [5, 5.41) is 0. The third kappa shape index (κ3) is 6.43. The Bertz CT molecular complexity index is 843. The van der Waals surface area contributed by atoms with E-state index in [1.54, 1.807) is 0 Å². The fourth-order valence-electron chi connectivity index (χ4n) is 6.04. The average Bonchev–Trinajstić information content (AvgIpc) is 3.52. The molecule has 2 heterocycles. The second kappa shape index (κ2) is 15.9. The van der Waals surface area contributed by atoms with Gasteiger partial charge in [-0.25, -0.2) is 4.98 Å². The monoisotopic (exact) mass is 545 g/mol. The quantitative estimate of drug-likeness (QED) is 0.241. The van der Waals surface area contributed by atoms with Gasteiger partial charge in [-0.05, 0) is 43.7 Å². The van der Waals surface area contributed by atoms with E-state index in [0.29, 0.717) is 11.5 Å². The van der Waals surface area contributed by atoms with Crippen LogP contribution in [0, 0.1) is 18.8 Å². The second-order valence-corrected chi connectivity index (χ2v) is 8.96. The Kier molecular flexibility index (Phi) is 15.5. The van der Waals surface area contributed by atoms with Gasteiger partial charge >= 0.3 is 0 Å². The van der Waals surface area contributed by atoms with E-state index in [-0.39, 0.29) is 40.1 Å². The van der Waals surface area contributed by atoms with Crippen LogP contribution < -0.4 is 11.7 Å². The van der Waals surface area contributed by atoms with Crippen LogP contribution in [0.5, 0.6) is 0 Å². The number of fused-ring (bicyclic) bond motifs is 3. The zero-order valence-corrected chi connectivity index (χ0v) is 25.2. The van der Waals surface area contributed by atoms with E-state index in [1.807, 2.05) is 38.1 Å². The molecule has 2 atom stereocenters. The first-order valence-electron chi connectivity index (χ1n) is 12.6. The van der Waals surface area contributed by atoms with Gasteiger partial charge in [0.15, 0.2) is 0 Å². The van der Waals surface area contributed by atoms with Crippen LogP contribution in [0.25, 0.3) is 16.9 Å². The number of nitrogens with one attached hydrogen (secondary N) is 1. The van der Waals surface area contributed by atoms with Gasteiger partial charge in [0.05, 0.1) is 17.6 Å². The second-order valence-electron chi connectivity index (χ2n) is 8.96. The van der Waals surface area contributed by atoms with Gasteiger partial charge in [0.25, 0.3) is 0 Å². The molecule has 5 rings (SSSR count). The maximum Gasteiger partial charge on any atom is 0.115 e. The SMILES string of the molecule is C=C1N(Cc2nc3ccccc3n2[NH-])C2CCCCC2C12CCCC2.CC.CCC.NN.[CH3-].[Y]. The van der Waals surface area contributed by atoms with Crippen LogP contribution in [0.4, 0.5) is 0 Å². The normalized spacial score (nSPS) is 21.6. The van der Waals surface area contributed by atoms with Gasteiger partial charge in [-0.3, -0.25) is 11.7 Å². The summed E-state index contributed by atoms with van der Waals surface area (Å²) in [4.78, 5) is 7.30. The summed E-state index contributed by atoms with van der Waals surface area (Å²) in [6, 6.07) is 8.58. The summed E-state index contributed by atoms with van der Waals surface area (Å²) < 4.78 is 1.53. The number of likely N-dealkylation sites (tertiary alicyclic amines) is 1. The van der Waals surface area contributed by atoms with Crippen LogP contribution in [0.2, 0.25) is 0 Å². The van der Waals surface area contributed by atoms with Crippen LogP contribution in [0.1, 0.15) is 91.3 Å².